The molecule has 0 saturated carbocycles. The number of carbonyl (C=O) groups is 1. The minimum absolute atomic E-state index is 0.222. The first kappa shape index (κ1) is 21.2. The Labute approximate surface area is 174 Å². The van der Waals surface area contributed by atoms with E-state index in [1.165, 1.54) is 16.7 Å². The zero-order valence-electron chi connectivity index (χ0n) is 17.8. The van der Waals surface area contributed by atoms with Crippen LogP contribution in [0.2, 0.25) is 0 Å². The molecule has 1 aliphatic heterocycles. The second-order valence-corrected chi connectivity index (χ2v) is 7.49. The number of amides is 1. The molecule has 29 heavy (non-hydrogen) atoms. The summed E-state index contributed by atoms with van der Waals surface area (Å²) in [6.07, 6.45) is 3.34. The summed E-state index contributed by atoms with van der Waals surface area (Å²) in [6, 6.07) is 12.7. The molecule has 0 unspecified atom stereocenters. The first-order valence-corrected chi connectivity index (χ1v) is 10.4. The number of aryl methyl sites for hydroxylation is 1. The van der Waals surface area contributed by atoms with Gasteiger partial charge in [0.05, 0.1) is 14.2 Å². The smallest absolute Gasteiger partial charge is 0.222 e. The summed E-state index contributed by atoms with van der Waals surface area (Å²) in [4.78, 5) is 14.6. The summed E-state index contributed by atoms with van der Waals surface area (Å²) >= 11 is 0. The van der Waals surface area contributed by atoms with Gasteiger partial charge in [0.2, 0.25) is 5.91 Å². The van der Waals surface area contributed by atoms with Crippen molar-refractivity contribution in [3.05, 3.63) is 58.7 Å². The summed E-state index contributed by atoms with van der Waals surface area (Å²) in [5, 5.41) is 3.44. The molecule has 156 valence electrons. The van der Waals surface area contributed by atoms with Crippen LogP contribution in [0, 0.1) is 0 Å². The van der Waals surface area contributed by atoms with Crippen LogP contribution in [-0.2, 0) is 30.7 Å². The second kappa shape index (κ2) is 10.3. The Morgan fingerprint density at radius 1 is 1.03 bits per heavy atom. The topological polar surface area (TPSA) is 50.8 Å². The van der Waals surface area contributed by atoms with E-state index in [9.17, 15) is 4.79 Å². The average Bonchev–Trinajstić information content (AvgIpc) is 2.77. The van der Waals surface area contributed by atoms with Crippen LogP contribution in [0.4, 0.5) is 0 Å². The maximum atomic E-state index is 12.6. The molecule has 0 spiro atoms. The third kappa shape index (κ3) is 5.51. The van der Waals surface area contributed by atoms with Gasteiger partial charge in [-0.25, -0.2) is 0 Å². The number of rotatable bonds is 9. The molecule has 1 amide bonds. The van der Waals surface area contributed by atoms with Gasteiger partial charge in [0, 0.05) is 26.1 Å². The first-order chi connectivity index (χ1) is 14.1. The fourth-order valence-electron chi connectivity index (χ4n) is 3.74. The van der Waals surface area contributed by atoms with Crippen LogP contribution in [0.15, 0.2) is 36.4 Å². The van der Waals surface area contributed by atoms with Crippen molar-refractivity contribution in [1.29, 1.82) is 0 Å². The number of carbonyl (C=O) groups excluding carboxylic acids is 1. The number of ether oxygens (including phenoxy) is 2. The molecule has 0 aliphatic carbocycles. The zero-order valence-corrected chi connectivity index (χ0v) is 17.8. The molecule has 1 N–H and O–H groups in total. The Balaban J connectivity index is 1.43. The molecule has 0 aromatic heterocycles. The second-order valence-electron chi connectivity index (χ2n) is 7.49. The Morgan fingerprint density at radius 2 is 1.69 bits per heavy atom. The molecular formula is C24H32N2O3. The minimum atomic E-state index is 0.222. The molecule has 2 aromatic rings. The lowest BCUT2D eigenvalue weighted by atomic mass is 9.98. The van der Waals surface area contributed by atoms with Crippen molar-refractivity contribution < 1.29 is 14.3 Å². The number of benzene rings is 2. The van der Waals surface area contributed by atoms with E-state index in [4.69, 9.17) is 9.47 Å². The molecule has 0 radical (unpaired) electrons. The van der Waals surface area contributed by atoms with Crippen LogP contribution >= 0.6 is 0 Å². The predicted octanol–water partition coefficient (Wildman–Crippen LogP) is 3.72. The third-order valence-corrected chi connectivity index (χ3v) is 5.58. The summed E-state index contributed by atoms with van der Waals surface area (Å²) in [5.41, 5.74) is 5.03. The Kier molecular flexibility index (Phi) is 7.53. The standard InChI is InChI=1S/C24H32N2O3/c1-4-18-7-9-19(10-8-18)16-25-12-5-6-24(27)26-13-11-20-14-22(28-2)23(29-3)15-21(20)17-26/h7-10,14-15,25H,4-6,11-13,16-17H2,1-3H3. The van der Waals surface area contributed by atoms with Gasteiger partial charge in [0.15, 0.2) is 11.5 Å². The summed E-state index contributed by atoms with van der Waals surface area (Å²) in [5.74, 6) is 1.69. The lowest BCUT2D eigenvalue weighted by Gasteiger charge is -2.29. The van der Waals surface area contributed by atoms with Crippen LogP contribution in [0.5, 0.6) is 11.5 Å². The van der Waals surface area contributed by atoms with Gasteiger partial charge < -0.3 is 19.7 Å². The van der Waals surface area contributed by atoms with Crippen molar-refractivity contribution in [2.45, 2.75) is 45.7 Å². The lowest BCUT2D eigenvalue weighted by molar-refractivity contribution is -0.132. The van der Waals surface area contributed by atoms with E-state index in [0.717, 1.165) is 56.0 Å². The Morgan fingerprint density at radius 3 is 2.34 bits per heavy atom. The van der Waals surface area contributed by atoms with E-state index in [1.54, 1.807) is 14.2 Å². The van der Waals surface area contributed by atoms with Crippen LogP contribution in [0.3, 0.4) is 0 Å². The molecule has 0 fully saturated rings. The number of hydrogen-bond acceptors (Lipinski definition) is 4. The van der Waals surface area contributed by atoms with Crippen LogP contribution in [0.1, 0.15) is 42.0 Å². The van der Waals surface area contributed by atoms with Crippen LogP contribution in [-0.4, -0.2) is 38.1 Å². The van der Waals surface area contributed by atoms with E-state index < -0.39 is 0 Å². The maximum absolute atomic E-state index is 12.6. The molecule has 1 heterocycles. The fourth-order valence-corrected chi connectivity index (χ4v) is 3.74. The van der Waals surface area contributed by atoms with Gasteiger partial charge in [0.1, 0.15) is 0 Å². The number of methoxy groups -OCH3 is 2. The van der Waals surface area contributed by atoms with Gasteiger partial charge >= 0.3 is 0 Å². The zero-order chi connectivity index (χ0) is 20.6. The number of nitrogens with zero attached hydrogens (tertiary/aromatic N) is 1. The van der Waals surface area contributed by atoms with Crippen molar-refractivity contribution in [3.63, 3.8) is 0 Å². The molecule has 1 aliphatic rings. The molecular weight excluding hydrogens is 364 g/mol. The van der Waals surface area contributed by atoms with Gasteiger partial charge in [-0.1, -0.05) is 31.2 Å². The highest BCUT2D eigenvalue weighted by Gasteiger charge is 2.22. The van der Waals surface area contributed by atoms with Gasteiger partial charge in [0.25, 0.3) is 0 Å². The van der Waals surface area contributed by atoms with Gasteiger partial charge in [-0.3, -0.25) is 4.79 Å². The molecule has 0 atom stereocenters. The SMILES string of the molecule is CCc1ccc(CNCCCC(=O)N2CCc3cc(OC)c(OC)cc3C2)cc1. The van der Waals surface area contributed by atoms with Gasteiger partial charge in [-0.15, -0.1) is 0 Å². The lowest BCUT2D eigenvalue weighted by Crippen LogP contribution is -2.36. The fraction of sp³-hybridized carbons (Fsp3) is 0.458. The minimum Gasteiger partial charge on any atom is -0.493 e. The summed E-state index contributed by atoms with van der Waals surface area (Å²) < 4.78 is 10.8. The highest BCUT2D eigenvalue weighted by Crippen LogP contribution is 2.33. The van der Waals surface area contributed by atoms with Crippen molar-refractivity contribution in [1.82, 2.24) is 10.2 Å². The van der Waals surface area contributed by atoms with E-state index in [0.29, 0.717) is 13.0 Å². The number of fused-ring (bicyclic) bond motifs is 1. The molecule has 5 nitrogen and oxygen atoms in total. The quantitative estimate of drug-likeness (QED) is 0.657. The van der Waals surface area contributed by atoms with Crippen molar-refractivity contribution in [2.75, 3.05) is 27.3 Å². The molecule has 0 saturated heterocycles. The number of nitrogens with one attached hydrogen (secondary N) is 1. The van der Waals surface area contributed by atoms with Crippen molar-refractivity contribution >= 4 is 5.91 Å². The van der Waals surface area contributed by atoms with Gasteiger partial charge in [-0.05, 0) is 60.2 Å². The number of hydrogen-bond donors (Lipinski definition) is 1. The monoisotopic (exact) mass is 396 g/mol. The predicted molar refractivity (Wildman–Crippen MR) is 115 cm³/mol. The summed E-state index contributed by atoms with van der Waals surface area (Å²) in [6.45, 7) is 5.26. The average molecular weight is 397 g/mol. The molecule has 3 rings (SSSR count). The summed E-state index contributed by atoms with van der Waals surface area (Å²) in [7, 11) is 3.29. The van der Waals surface area contributed by atoms with Crippen molar-refractivity contribution in [2.24, 2.45) is 0 Å². The van der Waals surface area contributed by atoms with Crippen LogP contribution in [0.25, 0.3) is 0 Å². The van der Waals surface area contributed by atoms with E-state index in [2.05, 4.69) is 36.5 Å². The normalized spacial score (nSPS) is 13.1. The van der Waals surface area contributed by atoms with Crippen LogP contribution < -0.4 is 14.8 Å². The third-order valence-electron chi connectivity index (χ3n) is 5.58. The Hall–Kier alpha value is -2.53. The van der Waals surface area contributed by atoms with E-state index >= 15 is 0 Å². The first-order valence-electron chi connectivity index (χ1n) is 10.4. The van der Waals surface area contributed by atoms with Crippen molar-refractivity contribution in [3.8, 4) is 11.5 Å². The maximum Gasteiger partial charge on any atom is 0.222 e. The largest absolute Gasteiger partial charge is 0.493 e. The molecule has 2 aromatic carbocycles. The van der Waals surface area contributed by atoms with E-state index in [-0.39, 0.29) is 5.91 Å². The highest BCUT2D eigenvalue weighted by atomic mass is 16.5. The molecule has 5 heteroatoms. The van der Waals surface area contributed by atoms with Gasteiger partial charge in [-0.2, -0.15) is 0 Å². The highest BCUT2D eigenvalue weighted by molar-refractivity contribution is 5.76. The Bertz CT molecular complexity index is 818. The van der Waals surface area contributed by atoms with E-state index in [1.807, 2.05) is 17.0 Å². The molecule has 0 bridgehead atoms.